The van der Waals surface area contributed by atoms with Gasteiger partial charge in [0, 0.05) is 23.3 Å². The minimum atomic E-state index is 0.522. The smallest absolute Gasteiger partial charge is 0.209 e. The van der Waals surface area contributed by atoms with Crippen molar-refractivity contribution in [2.75, 3.05) is 23.2 Å². The molecule has 0 saturated heterocycles. The highest BCUT2D eigenvalue weighted by atomic mass is 32.2. The second-order valence-corrected chi connectivity index (χ2v) is 8.14. The minimum absolute atomic E-state index is 0.522. The van der Waals surface area contributed by atoms with E-state index in [4.69, 9.17) is 11.7 Å². The average molecular weight is 352 g/mol. The van der Waals surface area contributed by atoms with E-state index < -0.39 is 0 Å². The fraction of sp³-hybridized carbons (Fsp3) is 0.692. The molecule has 0 amide bonds. The maximum Gasteiger partial charge on any atom is 0.209 e. The van der Waals surface area contributed by atoms with Crippen LogP contribution in [0.3, 0.4) is 0 Å². The first-order valence-electron chi connectivity index (χ1n) is 7.90. The minimum Gasteiger partial charge on any atom is -0.336 e. The van der Waals surface area contributed by atoms with Gasteiger partial charge in [0.05, 0.1) is 0 Å². The fourth-order valence-corrected chi connectivity index (χ4v) is 4.19. The number of rotatable bonds is 8. The Hall–Kier alpha value is -1.42. The Labute approximate surface area is 142 Å². The fourth-order valence-electron chi connectivity index (χ4n) is 2.40. The zero-order valence-corrected chi connectivity index (χ0v) is 14.4. The van der Waals surface area contributed by atoms with Crippen LogP contribution in [0.5, 0.6) is 0 Å². The monoisotopic (exact) mass is 352 g/mol. The van der Waals surface area contributed by atoms with Gasteiger partial charge in [-0.25, -0.2) is 9.35 Å². The number of nitrogens with zero attached hydrogens (tertiary/aromatic N) is 6. The highest BCUT2D eigenvalue weighted by molar-refractivity contribution is 8.00. The van der Waals surface area contributed by atoms with Gasteiger partial charge in [0.15, 0.2) is 11.6 Å². The van der Waals surface area contributed by atoms with Crippen molar-refractivity contribution < 1.29 is 0 Å². The molecule has 2 saturated carbocycles. The maximum absolute atomic E-state index is 6.03. The number of nitrogen functional groups attached to an aromatic ring is 2. The molecule has 0 radical (unpaired) electrons. The van der Waals surface area contributed by atoms with Crippen LogP contribution in [0.2, 0.25) is 0 Å². The van der Waals surface area contributed by atoms with Gasteiger partial charge in [0.25, 0.3) is 0 Å². The molecule has 2 aliphatic carbocycles. The van der Waals surface area contributed by atoms with Gasteiger partial charge in [-0.05, 0) is 32.1 Å². The summed E-state index contributed by atoms with van der Waals surface area (Å²) in [4.78, 5) is 0. The first-order valence-corrected chi connectivity index (χ1v) is 9.87. The molecule has 0 bridgehead atoms. The van der Waals surface area contributed by atoms with E-state index in [1.54, 1.807) is 32.9 Å². The molecule has 4 rings (SSSR count). The number of hydrogen-bond donors (Lipinski definition) is 2. The van der Waals surface area contributed by atoms with Gasteiger partial charge in [-0.15, -0.1) is 20.4 Å². The van der Waals surface area contributed by atoms with Gasteiger partial charge in [0.1, 0.15) is 0 Å². The van der Waals surface area contributed by atoms with Crippen molar-refractivity contribution in [1.82, 2.24) is 29.7 Å². The summed E-state index contributed by atoms with van der Waals surface area (Å²) < 4.78 is 3.29. The summed E-state index contributed by atoms with van der Waals surface area (Å²) >= 11 is 3.30. The van der Waals surface area contributed by atoms with E-state index in [1.807, 2.05) is 0 Å². The first kappa shape index (κ1) is 15.1. The molecule has 23 heavy (non-hydrogen) atoms. The van der Waals surface area contributed by atoms with Crippen LogP contribution in [0, 0.1) is 0 Å². The van der Waals surface area contributed by atoms with Crippen LogP contribution in [0.4, 0.5) is 0 Å². The summed E-state index contributed by atoms with van der Waals surface area (Å²) in [5.41, 5.74) is 0. The second kappa shape index (κ2) is 6.23. The lowest BCUT2D eigenvalue weighted by Crippen LogP contribution is -2.13. The molecule has 0 atom stereocenters. The van der Waals surface area contributed by atoms with Gasteiger partial charge in [0.2, 0.25) is 10.3 Å². The SMILES string of the molecule is Nn1c(SCCCSc2nnc(C3CC3)n2N)nnc1C1CC1. The number of thioether (sulfide) groups is 2. The predicted molar refractivity (Wildman–Crippen MR) is 90.4 cm³/mol. The Morgan fingerprint density at radius 2 is 1.22 bits per heavy atom. The predicted octanol–water partition coefficient (Wildman–Crippen LogP) is 1.33. The molecule has 0 unspecified atom stereocenters. The highest BCUT2D eigenvalue weighted by Gasteiger charge is 2.30. The first-order chi connectivity index (χ1) is 11.2. The molecule has 124 valence electrons. The van der Waals surface area contributed by atoms with Crippen molar-refractivity contribution in [3.05, 3.63) is 11.6 Å². The number of aromatic nitrogens is 6. The van der Waals surface area contributed by atoms with Crippen molar-refractivity contribution in [2.45, 2.75) is 54.3 Å². The lowest BCUT2D eigenvalue weighted by Gasteiger charge is -2.03. The van der Waals surface area contributed by atoms with Crippen LogP contribution >= 0.6 is 23.5 Å². The standard InChI is InChI=1S/C13H20N8S2/c14-20-10(8-2-3-8)16-18-12(20)22-6-1-7-23-13-19-17-11(21(13)15)9-4-5-9/h8-9H,1-7,14-15H2. The molecular weight excluding hydrogens is 332 g/mol. The highest BCUT2D eigenvalue weighted by Crippen LogP contribution is 2.40. The zero-order chi connectivity index (χ0) is 15.8. The van der Waals surface area contributed by atoms with E-state index in [1.165, 1.54) is 25.7 Å². The molecule has 2 heterocycles. The van der Waals surface area contributed by atoms with Crippen LogP contribution in [0.15, 0.2) is 10.3 Å². The Morgan fingerprint density at radius 3 is 1.61 bits per heavy atom. The lowest BCUT2D eigenvalue weighted by atomic mass is 10.4. The molecule has 0 aliphatic heterocycles. The topological polar surface area (TPSA) is 113 Å². The van der Waals surface area contributed by atoms with Gasteiger partial charge in [-0.1, -0.05) is 23.5 Å². The van der Waals surface area contributed by atoms with Crippen LogP contribution in [0.1, 0.15) is 55.6 Å². The van der Waals surface area contributed by atoms with E-state index in [9.17, 15) is 0 Å². The molecule has 4 N–H and O–H groups in total. The third kappa shape index (κ3) is 3.27. The summed E-state index contributed by atoms with van der Waals surface area (Å²) in [6.45, 7) is 0. The normalized spacial score (nSPS) is 17.7. The van der Waals surface area contributed by atoms with E-state index in [0.29, 0.717) is 11.8 Å². The molecule has 2 aliphatic rings. The molecule has 2 fully saturated rings. The van der Waals surface area contributed by atoms with E-state index >= 15 is 0 Å². The Bertz CT molecular complexity index is 630. The quantitative estimate of drug-likeness (QED) is 0.415. The molecule has 2 aromatic rings. The van der Waals surface area contributed by atoms with Crippen LogP contribution in [-0.2, 0) is 0 Å². The van der Waals surface area contributed by atoms with Gasteiger partial charge in [-0.2, -0.15) is 0 Å². The van der Waals surface area contributed by atoms with Crippen molar-refractivity contribution in [2.24, 2.45) is 0 Å². The maximum atomic E-state index is 6.03. The third-order valence-electron chi connectivity index (χ3n) is 4.02. The van der Waals surface area contributed by atoms with Crippen molar-refractivity contribution in [3.63, 3.8) is 0 Å². The van der Waals surface area contributed by atoms with Crippen LogP contribution in [-0.4, -0.2) is 41.3 Å². The number of hydrogen-bond acceptors (Lipinski definition) is 8. The Morgan fingerprint density at radius 1 is 0.783 bits per heavy atom. The van der Waals surface area contributed by atoms with Crippen molar-refractivity contribution >= 4 is 23.5 Å². The second-order valence-electron chi connectivity index (χ2n) is 6.02. The summed E-state index contributed by atoms with van der Waals surface area (Å²) in [5, 5.41) is 18.3. The molecule has 8 nitrogen and oxygen atoms in total. The summed E-state index contributed by atoms with van der Waals surface area (Å²) in [7, 11) is 0. The van der Waals surface area contributed by atoms with E-state index in [-0.39, 0.29) is 0 Å². The zero-order valence-electron chi connectivity index (χ0n) is 12.8. The summed E-state index contributed by atoms with van der Waals surface area (Å²) in [6, 6.07) is 0. The molecule has 2 aromatic heterocycles. The largest absolute Gasteiger partial charge is 0.336 e. The van der Waals surface area contributed by atoms with Crippen LogP contribution < -0.4 is 11.7 Å². The van der Waals surface area contributed by atoms with Crippen LogP contribution in [0.25, 0.3) is 0 Å². The van der Waals surface area contributed by atoms with Gasteiger partial charge in [-0.3, -0.25) is 0 Å². The molecule has 10 heteroatoms. The lowest BCUT2D eigenvalue weighted by molar-refractivity contribution is 0.788. The summed E-state index contributed by atoms with van der Waals surface area (Å²) in [6.07, 6.45) is 5.74. The van der Waals surface area contributed by atoms with Gasteiger partial charge < -0.3 is 11.7 Å². The van der Waals surface area contributed by atoms with Crippen molar-refractivity contribution in [1.29, 1.82) is 0 Å². The van der Waals surface area contributed by atoms with E-state index in [2.05, 4.69) is 20.4 Å². The van der Waals surface area contributed by atoms with Gasteiger partial charge >= 0.3 is 0 Å². The average Bonchev–Trinajstić information content (AvgIpc) is 3.46. The Balaban J connectivity index is 1.21. The molecule has 0 aromatic carbocycles. The summed E-state index contributed by atoms with van der Waals surface area (Å²) in [5.74, 6) is 16.8. The third-order valence-corrected chi connectivity index (χ3v) is 6.08. The molecular formula is C13H20N8S2. The molecule has 0 spiro atoms. The Kier molecular flexibility index (Phi) is 4.10. The van der Waals surface area contributed by atoms with Crippen molar-refractivity contribution in [3.8, 4) is 0 Å². The van der Waals surface area contributed by atoms with E-state index in [0.717, 1.165) is 39.9 Å². The number of nitrogens with two attached hydrogens (primary N) is 2.